The Morgan fingerprint density at radius 2 is 1.62 bits per heavy atom. The molecular formula is C17H30N4O3. The predicted molar refractivity (Wildman–Crippen MR) is 91.3 cm³/mol. The number of rotatable bonds is 5. The minimum Gasteiger partial charge on any atom is -0.359 e. The SMILES string of the molecule is CNC(=O)[C@@H]1CN(C(C)=O)CCN(C(=O)CCCN2CCCC2)C1. The Morgan fingerprint density at radius 3 is 2.25 bits per heavy atom. The zero-order valence-electron chi connectivity index (χ0n) is 14.9. The Morgan fingerprint density at radius 1 is 1.00 bits per heavy atom. The average Bonchev–Trinajstić information content (AvgIpc) is 2.97. The third kappa shape index (κ3) is 5.19. The number of nitrogens with zero attached hydrogens (tertiary/aromatic N) is 3. The first-order valence-corrected chi connectivity index (χ1v) is 8.98. The molecule has 0 aliphatic carbocycles. The molecule has 2 saturated heterocycles. The molecule has 0 spiro atoms. The first-order chi connectivity index (χ1) is 11.5. The fourth-order valence-corrected chi connectivity index (χ4v) is 3.51. The van der Waals surface area contributed by atoms with Gasteiger partial charge in [-0.3, -0.25) is 14.4 Å². The van der Waals surface area contributed by atoms with Crippen LogP contribution in [-0.2, 0) is 14.4 Å². The molecule has 2 fully saturated rings. The number of carbonyl (C=O) groups is 3. The predicted octanol–water partition coefficient (Wildman–Crippen LogP) is -0.0847. The summed E-state index contributed by atoms with van der Waals surface area (Å²) in [5.74, 6) is -0.428. The molecule has 2 aliphatic heterocycles. The quantitative estimate of drug-likeness (QED) is 0.761. The zero-order chi connectivity index (χ0) is 17.5. The summed E-state index contributed by atoms with van der Waals surface area (Å²) >= 11 is 0. The van der Waals surface area contributed by atoms with Crippen molar-refractivity contribution >= 4 is 17.7 Å². The molecule has 0 radical (unpaired) electrons. The molecule has 0 unspecified atom stereocenters. The molecule has 0 bridgehead atoms. The Labute approximate surface area is 144 Å². The van der Waals surface area contributed by atoms with Gasteiger partial charge in [0.15, 0.2) is 0 Å². The summed E-state index contributed by atoms with van der Waals surface area (Å²) in [6.45, 7) is 6.55. The molecule has 7 nitrogen and oxygen atoms in total. The van der Waals surface area contributed by atoms with E-state index in [4.69, 9.17) is 0 Å². The van der Waals surface area contributed by atoms with Gasteiger partial charge in [-0.1, -0.05) is 0 Å². The highest BCUT2D eigenvalue weighted by Gasteiger charge is 2.30. The lowest BCUT2D eigenvalue weighted by molar-refractivity contribution is -0.133. The van der Waals surface area contributed by atoms with E-state index in [1.165, 1.54) is 19.8 Å². The molecule has 0 aromatic rings. The van der Waals surface area contributed by atoms with Crippen LogP contribution in [0.15, 0.2) is 0 Å². The molecule has 0 aromatic carbocycles. The molecule has 7 heteroatoms. The minimum atomic E-state index is -0.357. The van der Waals surface area contributed by atoms with E-state index < -0.39 is 0 Å². The first-order valence-electron chi connectivity index (χ1n) is 8.98. The van der Waals surface area contributed by atoms with E-state index in [1.54, 1.807) is 16.8 Å². The summed E-state index contributed by atoms with van der Waals surface area (Å²) in [6.07, 6.45) is 3.89. The van der Waals surface area contributed by atoms with Crippen LogP contribution in [0.1, 0.15) is 32.6 Å². The van der Waals surface area contributed by atoms with E-state index in [0.29, 0.717) is 32.6 Å². The molecule has 1 atom stereocenters. The van der Waals surface area contributed by atoms with Gasteiger partial charge in [0.25, 0.3) is 0 Å². The van der Waals surface area contributed by atoms with Crippen molar-refractivity contribution in [1.82, 2.24) is 20.0 Å². The smallest absolute Gasteiger partial charge is 0.226 e. The summed E-state index contributed by atoms with van der Waals surface area (Å²) in [4.78, 5) is 42.1. The molecule has 2 rings (SSSR count). The monoisotopic (exact) mass is 338 g/mol. The van der Waals surface area contributed by atoms with Crippen LogP contribution in [0.4, 0.5) is 0 Å². The van der Waals surface area contributed by atoms with E-state index in [1.807, 2.05) is 0 Å². The molecule has 1 N–H and O–H groups in total. The largest absolute Gasteiger partial charge is 0.359 e. The van der Waals surface area contributed by atoms with E-state index in [2.05, 4.69) is 10.2 Å². The summed E-state index contributed by atoms with van der Waals surface area (Å²) < 4.78 is 0. The van der Waals surface area contributed by atoms with Crippen molar-refractivity contribution in [2.75, 3.05) is 52.9 Å². The van der Waals surface area contributed by atoms with Gasteiger partial charge >= 0.3 is 0 Å². The molecule has 3 amide bonds. The second-order valence-electron chi connectivity index (χ2n) is 6.77. The van der Waals surface area contributed by atoms with Crippen molar-refractivity contribution in [3.05, 3.63) is 0 Å². The number of nitrogens with one attached hydrogen (secondary N) is 1. The first kappa shape index (κ1) is 18.7. The van der Waals surface area contributed by atoms with Crippen LogP contribution >= 0.6 is 0 Å². The van der Waals surface area contributed by atoms with Crippen molar-refractivity contribution in [3.8, 4) is 0 Å². The second kappa shape index (κ2) is 9.01. The molecule has 0 saturated carbocycles. The Hall–Kier alpha value is -1.63. The summed E-state index contributed by atoms with van der Waals surface area (Å²) in [5.41, 5.74) is 0. The van der Waals surface area contributed by atoms with Crippen LogP contribution in [0.3, 0.4) is 0 Å². The van der Waals surface area contributed by atoms with Gasteiger partial charge in [0, 0.05) is 46.6 Å². The molecule has 24 heavy (non-hydrogen) atoms. The van der Waals surface area contributed by atoms with Gasteiger partial charge in [-0.25, -0.2) is 0 Å². The minimum absolute atomic E-state index is 0.0489. The van der Waals surface area contributed by atoms with Crippen LogP contribution < -0.4 is 5.32 Å². The van der Waals surface area contributed by atoms with Gasteiger partial charge in [0.1, 0.15) is 0 Å². The third-order valence-corrected chi connectivity index (χ3v) is 5.00. The normalized spacial score (nSPS) is 22.3. The summed E-state index contributed by atoms with van der Waals surface area (Å²) in [5, 5.41) is 2.64. The fourth-order valence-electron chi connectivity index (χ4n) is 3.51. The fraction of sp³-hybridized carbons (Fsp3) is 0.824. The van der Waals surface area contributed by atoms with Gasteiger partial charge in [0.05, 0.1) is 5.92 Å². The van der Waals surface area contributed by atoms with Gasteiger partial charge < -0.3 is 20.0 Å². The maximum absolute atomic E-state index is 12.5. The van der Waals surface area contributed by atoms with E-state index >= 15 is 0 Å². The molecule has 136 valence electrons. The molecular weight excluding hydrogens is 308 g/mol. The lowest BCUT2D eigenvalue weighted by Crippen LogP contribution is -2.42. The van der Waals surface area contributed by atoms with Gasteiger partial charge in [0.2, 0.25) is 17.7 Å². The van der Waals surface area contributed by atoms with Crippen molar-refractivity contribution in [1.29, 1.82) is 0 Å². The Bertz CT molecular complexity index is 463. The molecule has 0 aromatic heterocycles. The lowest BCUT2D eigenvalue weighted by Gasteiger charge is -2.23. The van der Waals surface area contributed by atoms with E-state index in [9.17, 15) is 14.4 Å². The van der Waals surface area contributed by atoms with Crippen LogP contribution in [0.25, 0.3) is 0 Å². The molecule has 2 aliphatic rings. The number of likely N-dealkylation sites (tertiary alicyclic amines) is 1. The van der Waals surface area contributed by atoms with Crippen LogP contribution in [0.5, 0.6) is 0 Å². The number of hydrogen-bond acceptors (Lipinski definition) is 4. The Kier molecular flexibility index (Phi) is 7.02. The van der Waals surface area contributed by atoms with Crippen molar-refractivity contribution in [2.45, 2.75) is 32.6 Å². The highest BCUT2D eigenvalue weighted by molar-refractivity contribution is 5.82. The van der Waals surface area contributed by atoms with Crippen LogP contribution in [0, 0.1) is 5.92 Å². The van der Waals surface area contributed by atoms with Gasteiger partial charge in [-0.15, -0.1) is 0 Å². The second-order valence-corrected chi connectivity index (χ2v) is 6.77. The number of hydrogen-bond donors (Lipinski definition) is 1. The number of carbonyl (C=O) groups excluding carboxylic acids is 3. The average molecular weight is 338 g/mol. The van der Waals surface area contributed by atoms with Crippen LogP contribution in [0.2, 0.25) is 0 Å². The third-order valence-electron chi connectivity index (χ3n) is 5.00. The number of amides is 3. The summed E-state index contributed by atoms with van der Waals surface area (Å²) in [6, 6.07) is 0. The van der Waals surface area contributed by atoms with Crippen molar-refractivity contribution in [3.63, 3.8) is 0 Å². The maximum atomic E-state index is 12.5. The molecule has 2 heterocycles. The standard InChI is InChI=1S/C17H30N4O3/c1-14(22)20-10-11-21(13-15(12-20)17(24)18-2)16(23)6-5-9-19-7-3-4-8-19/h15H,3-13H2,1-2H3,(H,18,24)/t15-/m1/s1. The van der Waals surface area contributed by atoms with Crippen LogP contribution in [-0.4, -0.2) is 85.3 Å². The highest BCUT2D eigenvalue weighted by atomic mass is 16.2. The van der Waals surface area contributed by atoms with Gasteiger partial charge in [-0.2, -0.15) is 0 Å². The van der Waals surface area contributed by atoms with Crippen molar-refractivity contribution in [2.24, 2.45) is 5.92 Å². The zero-order valence-corrected chi connectivity index (χ0v) is 14.9. The summed E-state index contributed by atoms with van der Waals surface area (Å²) in [7, 11) is 1.59. The van der Waals surface area contributed by atoms with Gasteiger partial charge in [-0.05, 0) is 38.9 Å². The van der Waals surface area contributed by atoms with Crippen molar-refractivity contribution < 1.29 is 14.4 Å². The highest BCUT2D eigenvalue weighted by Crippen LogP contribution is 2.13. The topological polar surface area (TPSA) is 73.0 Å². The van der Waals surface area contributed by atoms with E-state index in [0.717, 1.165) is 26.1 Å². The maximum Gasteiger partial charge on any atom is 0.226 e. The lowest BCUT2D eigenvalue weighted by atomic mass is 10.1. The Balaban J connectivity index is 1.88. The van der Waals surface area contributed by atoms with E-state index in [-0.39, 0.29) is 23.6 Å².